The van der Waals surface area contributed by atoms with E-state index in [-0.39, 0.29) is 5.95 Å². The number of anilines is 2. The van der Waals surface area contributed by atoms with E-state index in [0.717, 1.165) is 39.5 Å². The number of nitrogens with two attached hydrogens (primary N) is 1. The monoisotopic (exact) mass is 345 g/mol. The van der Waals surface area contributed by atoms with Crippen LogP contribution in [0.2, 0.25) is 5.15 Å². The second kappa shape index (κ2) is 6.28. The Hall–Kier alpha value is -2.34. The number of aromatic nitrogens is 3. The number of fused-ring (bicyclic) bond motifs is 1. The van der Waals surface area contributed by atoms with Crippen molar-refractivity contribution >= 4 is 28.9 Å². The molecule has 0 bridgehead atoms. The van der Waals surface area contributed by atoms with Crippen molar-refractivity contribution in [3.63, 3.8) is 0 Å². The second-order valence-electron chi connectivity index (χ2n) is 5.89. The van der Waals surface area contributed by atoms with Crippen LogP contribution in [0.15, 0.2) is 12.3 Å². The zero-order valence-corrected chi connectivity index (χ0v) is 15.0. The molecule has 0 saturated carbocycles. The van der Waals surface area contributed by atoms with Gasteiger partial charge in [-0.1, -0.05) is 17.7 Å². The molecule has 0 spiro atoms. The Morgan fingerprint density at radius 1 is 1.29 bits per heavy atom. The van der Waals surface area contributed by atoms with Gasteiger partial charge in [0.1, 0.15) is 16.7 Å². The van der Waals surface area contributed by atoms with Gasteiger partial charge in [-0.15, -0.1) is 0 Å². The molecular weight excluding hydrogens is 326 g/mol. The van der Waals surface area contributed by atoms with Crippen molar-refractivity contribution in [3.05, 3.63) is 39.8 Å². The molecule has 1 aliphatic heterocycles. The Labute approximate surface area is 146 Å². The number of aryl methyl sites for hydroxylation is 1. The van der Waals surface area contributed by atoms with E-state index in [4.69, 9.17) is 22.1 Å². The van der Waals surface area contributed by atoms with E-state index in [0.29, 0.717) is 18.2 Å². The van der Waals surface area contributed by atoms with Gasteiger partial charge in [0.15, 0.2) is 0 Å². The van der Waals surface area contributed by atoms with Crippen LogP contribution in [0.3, 0.4) is 0 Å². The second-order valence-corrected chi connectivity index (χ2v) is 6.24. The Morgan fingerprint density at radius 2 is 2.04 bits per heavy atom. The smallest absolute Gasteiger partial charge is 0.223 e. The van der Waals surface area contributed by atoms with Crippen molar-refractivity contribution in [1.82, 2.24) is 15.0 Å². The molecule has 0 fully saturated rings. The summed E-state index contributed by atoms with van der Waals surface area (Å²) in [6.07, 6.45) is 3.93. The van der Waals surface area contributed by atoms with E-state index in [2.05, 4.69) is 25.9 Å². The first-order valence-corrected chi connectivity index (χ1v) is 8.04. The Balaban J connectivity index is 2.02. The predicted octanol–water partition coefficient (Wildman–Crippen LogP) is 3.16. The third kappa shape index (κ3) is 2.78. The molecule has 7 heteroatoms. The molecule has 1 aliphatic rings. The molecule has 2 aromatic rings. The highest BCUT2D eigenvalue weighted by Crippen LogP contribution is 2.36. The summed E-state index contributed by atoms with van der Waals surface area (Å²) in [4.78, 5) is 15.1. The van der Waals surface area contributed by atoms with Crippen LogP contribution in [0.25, 0.3) is 5.57 Å². The molecule has 2 N–H and O–H groups in total. The van der Waals surface area contributed by atoms with Gasteiger partial charge >= 0.3 is 0 Å². The number of rotatable bonds is 3. The number of allylic oxidation sites excluding steroid dienone is 1. The fourth-order valence-corrected chi connectivity index (χ4v) is 3.31. The van der Waals surface area contributed by atoms with Gasteiger partial charge in [-0.05, 0) is 26.3 Å². The Morgan fingerprint density at radius 3 is 2.75 bits per heavy atom. The van der Waals surface area contributed by atoms with Crippen LogP contribution in [0.1, 0.15) is 29.3 Å². The van der Waals surface area contributed by atoms with Crippen LogP contribution in [0.5, 0.6) is 5.75 Å². The van der Waals surface area contributed by atoms with Crippen LogP contribution >= 0.6 is 11.6 Å². The van der Waals surface area contributed by atoms with Crippen LogP contribution in [-0.2, 0) is 6.54 Å². The minimum atomic E-state index is 0.171. The molecule has 0 aromatic carbocycles. The van der Waals surface area contributed by atoms with Crippen molar-refractivity contribution in [2.45, 2.75) is 27.3 Å². The van der Waals surface area contributed by atoms with E-state index in [9.17, 15) is 0 Å². The lowest BCUT2D eigenvalue weighted by Gasteiger charge is -2.29. The molecule has 6 nitrogen and oxygen atoms in total. The molecule has 0 atom stereocenters. The van der Waals surface area contributed by atoms with E-state index >= 15 is 0 Å². The maximum Gasteiger partial charge on any atom is 0.223 e. The summed E-state index contributed by atoms with van der Waals surface area (Å²) in [7, 11) is 1.68. The van der Waals surface area contributed by atoms with Gasteiger partial charge in [0.25, 0.3) is 0 Å². The number of ether oxygens (including phenoxy) is 1. The number of pyridine rings is 1. The molecule has 3 heterocycles. The maximum atomic E-state index is 6.28. The fourth-order valence-electron chi connectivity index (χ4n) is 2.99. The lowest BCUT2D eigenvalue weighted by atomic mass is 10.0. The van der Waals surface area contributed by atoms with E-state index in [1.807, 2.05) is 27.0 Å². The largest absolute Gasteiger partial charge is 0.496 e. The Bertz CT molecular complexity index is 834. The van der Waals surface area contributed by atoms with Gasteiger partial charge in [-0.25, -0.2) is 4.98 Å². The molecule has 0 radical (unpaired) electrons. The van der Waals surface area contributed by atoms with E-state index < -0.39 is 0 Å². The molecule has 0 aliphatic carbocycles. The molecule has 0 amide bonds. The van der Waals surface area contributed by atoms with Gasteiger partial charge in [0, 0.05) is 23.9 Å². The zero-order chi connectivity index (χ0) is 17.4. The summed E-state index contributed by atoms with van der Waals surface area (Å²) in [5.41, 5.74) is 10.6. The van der Waals surface area contributed by atoms with Crippen molar-refractivity contribution < 1.29 is 4.74 Å². The first kappa shape index (κ1) is 16.5. The number of hydrogen-bond acceptors (Lipinski definition) is 6. The summed E-state index contributed by atoms with van der Waals surface area (Å²) < 4.78 is 5.49. The molecule has 0 unspecified atom stereocenters. The molecule has 3 rings (SSSR count). The quantitative estimate of drug-likeness (QED) is 0.861. The summed E-state index contributed by atoms with van der Waals surface area (Å²) in [5.74, 6) is 1.78. The number of nitrogens with zero attached hydrogens (tertiary/aromatic N) is 4. The SMILES string of the molecule is COc1c(C)cnc(CN2CC=C(C)c3c(Cl)nc(N)nc32)c1C. The average molecular weight is 346 g/mol. The average Bonchev–Trinajstić information content (AvgIpc) is 2.52. The lowest BCUT2D eigenvalue weighted by molar-refractivity contribution is 0.407. The van der Waals surface area contributed by atoms with Gasteiger partial charge in [-0.2, -0.15) is 4.98 Å². The van der Waals surface area contributed by atoms with E-state index in [1.165, 1.54) is 0 Å². The predicted molar refractivity (Wildman–Crippen MR) is 96.4 cm³/mol. The third-order valence-electron chi connectivity index (χ3n) is 4.27. The summed E-state index contributed by atoms with van der Waals surface area (Å²) >= 11 is 6.28. The number of nitrogen functional groups attached to an aromatic ring is 1. The van der Waals surface area contributed by atoms with Gasteiger partial charge < -0.3 is 15.4 Å². The normalized spacial score (nSPS) is 13.5. The third-order valence-corrected chi connectivity index (χ3v) is 4.54. The summed E-state index contributed by atoms with van der Waals surface area (Å²) in [6, 6.07) is 0. The van der Waals surface area contributed by atoms with Crippen LogP contribution in [0.4, 0.5) is 11.8 Å². The maximum absolute atomic E-state index is 6.28. The van der Waals surface area contributed by atoms with Gasteiger partial charge in [0.2, 0.25) is 5.95 Å². The van der Waals surface area contributed by atoms with Crippen molar-refractivity contribution in [2.24, 2.45) is 0 Å². The minimum Gasteiger partial charge on any atom is -0.496 e. The molecule has 0 saturated heterocycles. The van der Waals surface area contributed by atoms with Gasteiger partial charge in [-0.3, -0.25) is 4.98 Å². The number of hydrogen-bond donors (Lipinski definition) is 1. The van der Waals surface area contributed by atoms with Crippen molar-refractivity contribution in [1.29, 1.82) is 0 Å². The molecule has 2 aromatic heterocycles. The van der Waals surface area contributed by atoms with Crippen molar-refractivity contribution in [2.75, 3.05) is 24.3 Å². The fraction of sp³-hybridized carbons (Fsp3) is 0.353. The van der Waals surface area contributed by atoms with Crippen LogP contribution in [-0.4, -0.2) is 28.6 Å². The standard InChI is InChI=1S/C17H20ClN5O/c1-9-5-6-23(16-13(9)15(18)21-17(19)22-16)8-12-11(3)14(24-4)10(2)7-20-12/h5,7H,6,8H2,1-4H3,(H2,19,21,22). The summed E-state index contributed by atoms with van der Waals surface area (Å²) in [6.45, 7) is 7.30. The highest BCUT2D eigenvalue weighted by molar-refractivity contribution is 6.31. The van der Waals surface area contributed by atoms with Crippen molar-refractivity contribution in [3.8, 4) is 5.75 Å². The van der Waals surface area contributed by atoms with E-state index in [1.54, 1.807) is 7.11 Å². The zero-order valence-electron chi connectivity index (χ0n) is 14.2. The Kier molecular flexibility index (Phi) is 4.32. The van der Waals surface area contributed by atoms with Crippen LogP contribution < -0.4 is 15.4 Å². The van der Waals surface area contributed by atoms with Gasteiger partial charge in [0.05, 0.1) is 24.9 Å². The molecular formula is C17H20ClN5O. The molecule has 24 heavy (non-hydrogen) atoms. The molecule has 126 valence electrons. The topological polar surface area (TPSA) is 77.2 Å². The minimum absolute atomic E-state index is 0.171. The number of methoxy groups -OCH3 is 1. The highest BCUT2D eigenvalue weighted by atomic mass is 35.5. The number of halogens is 1. The lowest BCUT2D eigenvalue weighted by Crippen LogP contribution is -2.29. The van der Waals surface area contributed by atoms with Crippen LogP contribution in [0, 0.1) is 13.8 Å². The first-order valence-electron chi connectivity index (χ1n) is 7.66. The highest BCUT2D eigenvalue weighted by Gasteiger charge is 2.24. The first-order chi connectivity index (χ1) is 11.4. The summed E-state index contributed by atoms with van der Waals surface area (Å²) in [5, 5.41) is 0.377.